The van der Waals surface area contributed by atoms with Crippen molar-refractivity contribution >= 4 is 28.1 Å². The van der Waals surface area contributed by atoms with Crippen LogP contribution in [0.1, 0.15) is 42.3 Å². The molecule has 22 heavy (non-hydrogen) atoms. The summed E-state index contributed by atoms with van der Waals surface area (Å²) in [5.74, 6) is -0.219. The number of nitrogens with one attached hydrogen (secondary N) is 1. The summed E-state index contributed by atoms with van der Waals surface area (Å²) in [5, 5.41) is 4.00. The fourth-order valence-corrected chi connectivity index (χ4v) is 2.31. The number of halogens is 1. The van der Waals surface area contributed by atoms with E-state index in [4.69, 9.17) is 0 Å². The van der Waals surface area contributed by atoms with Gasteiger partial charge in [-0.1, -0.05) is 67.0 Å². The highest BCUT2D eigenvalue weighted by molar-refractivity contribution is 9.10. The van der Waals surface area contributed by atoms with E-state index in [9.17, 15) is 4.79 Å². The van der Waals surface area contributed by atoms with Gasteiger partial charge >= 0.3 is 0 Å². The summed E-state index contributed by atoms with van der Waals surface area (Å²) in [7, 11) is 0. The van der Waals surface area contributed by atoms with Crippen LogP contribution in [-0.2, 0) is 5.41 Å². The van der Waals surface area contributed by atoms with Gasteiger partial charge in [0.25, 0.3) is 5.91 Å². The van der Waals surface area contributed by atoms with E-state index in [1.54, 1.807) is 6.21 Å². The van der Waals surface area contributed by atoms with Crippen molar-refractivity contribution in [2.45, 2.75) is 26.2 Å². The van der Waals surface area contributed by atoms with Gasteiger partial charge in [-0.3, -0.25) is 4.79 Å². The van der Waals surface area contributed by atoms with Gasteiger partial charge in [-0.25, -0.2) is 5.43 Å². The summed E-state index contributed by atoms with van der Waals surface area (Å²) in [6.07, 6.45) is 1.62. The lowest BCUT2D eigenvalue weighted by molar-refractivity contribution is 0.0955. The molecule has 0 saturated carbocycles. The highest BCUT2D eigenvalue weighted by atomic mass is 79.9. The summed E-state index contributed by atoms with van der Waals surface area (Å²) in [4.78, 5) is 12.0. The first kappa shape index (κ1) is 16.4. The van der Waals surface area contributed by atoms with E-state index >= 15 is 0 Å². The number of benzene rings is 2. The van der Waals surface area contributed by atoms with Gasteiger partial charge in [0.05, 0.1) is 6.21 Å². The van der Waals surface area contributed by atoms with Crippen LogP contribution in [0.2, 0.25) is 0 Å². The zero-order valence-electron chi connectivity index (χ0n) is 12.9. The van der Waals surface area contributed by atoms with Crippen molar-refractivity contribution in [1.82, 2.24) is 5.43 Å². The summed E-state index contributed by atoms with van der Waals surface area (Å²) in [6.45, 7) is 6.43. The Kier molecular flexibility index (Phi) is 5.14. The van der Waals surface area contributed by atoms with Crippen LogP contribution in [0.3, 0.4) is 0 Å². The standard InChI is InChI=1S/C18H19BrN2O/c1-18(2,3)15-10-8-13(9-11-15)17(22)21-20-12-14-6-4-5-7-16(14)19/h4-12H,1-3H3,(H,21,22)/b20-12+. The van der Waals surface area contributed by atoms with E-state index in [1.807, 2.05) is 48.5 Å². The highest BCUT2D eigenvalue weighted by Gasteiger charge is 2.14. The molecule has 0 radical (unpaired) electrons. The molecule has 1 amide bonds. The molecular weight excluding hydrogens is 340 g/mol. The molecule has 0 aliphatic rings. The molecule has 114 valence electrons. The minimum absolute atomic E-state index is 0.0761. The SMILES string of the molecule is CC(C)(C)c1ccc(C(=O)N/N=C/c2ccccc2Br)cc1. The van der Waals surface area contributed by atoms with Gasteiger partial charge in [0.1, 0.15) is 0 Å². The van der Waals surface area contributed by atoms with Crippen LogP contribution in [0.4, 0.5) is 0 Å². The second-order valence-corrected chi connectivity index (χ2v) is 6.90. The van der Waals surface area contributed by atoms with Gasteiger partial charge in [-0.05, 0) is 29.2 Å². The maximum atomic E-state index is 12.0. The Morgan fingerprint density at radius 2 is 1.73 bits per heavy atom. The third-order valence-electron chi connectivity index (χ3n) is 3.29. The lowest BCUT2D eigenvalue weighted by atomic mass is 9.87. The van der Waals surface area contributed by atoms with E-state index in [-0.39, 0.29) is 11.3 Å². The molecule has 0 heterocycles. The maximum absolute atomic E-state index is 12.0. The number of hydrogen-bond acceptors (Lipinski definition) is 2. The Morgan fingerprint density at radius 1 is 1.09 bits per heavy atom. The quantitative estimate of drug-likeness (QED) is 0.636. The molecule has 2 aromatic rings. The molecule has 0 aliphatic heterocycles. The third kappa shape index (κ3) is 4.28. The normalized spacial score (nSPS) is 11.6. The van der Waals surface area contributed by atoms with Crippen molar-refractivity contribution in [1.29, 1.82) is 0 Å². The number of hydrazone groups is 1. The van der Waals surface area contributed by atoms with E-state index < -0.39 is 0 Å². The van der Waals surface area contributed by atoms with E-state index in [1.165, 1.54) is 5.56 Å². The second-order valence-electron chi connectivity index (χ2n) is 6.05. The molecule has 0 aliphatic carbocycles. The molecule has 0 bridgehead atoms. The largest absolute Gasteiger partial charge is 0.271 e. The molecule has 0 aromatic heterocycles. The van der Waals surface area contributed by atoms with E-state index in [0.717, 1.165) is 10.0 Å². The highest BCUT2D eigenvalue weighted by Crippen LogP contribution is 2.22. The average molecular weight is 359 g/mol. The summed E-state index contributed by atoms with van der Waals surface area (Å²) in [6, 6.07) is 15.3. The lowest BCUT2D eigenvalue weighted by Crippen LogP contribution is -2.18. The molecule has 2 aromatic carbocycles. The Bertz CT molecular complexity index is 685. The summed E-state index contributed by atoms with van der Waals surface area (Å²) >= 11 is 3.43. The Labute approximate surface area is 139 Å². The zero-order chi connectivity index (χ0) is 16.2. The van der Waals surface area contributed by atoms with E-state index in [0.29, 0.717) is 5.56 Å². The smallest absolute Gasteiger partial charge is 0.267 e. The minimum Gasteiger partial charge on any atom is -0.267 e. The van der Waals surface area contributed by atoms with Crippen LogP contribution in [0.15, 0.2) is 58.1 Å². The summed E-state index contributed by atoms with van der Waals surface area (Å²) in [5.41, 5.74) is 5.32. The number of rotatable bonds is 3. The van der Waals surface area contributed by atoms with Gasteiger partial charge < -0.3 is 0 Å². The molecule has 1 N–H and O–H groups in total. The second kappa shape index (κ2) is 6.88. The molecule has 0 spiro atoms. The van der Waals surface area contributed by atoms with Crippen LogP contribution in [0.25, 0.3) is 0 Å². The average Bonchev–Trinajstić information content (AvgIpc) is 2.48. The molecule has 0 fully saturated rings. The lowest BCUT2D eigenvalue weighted by Gasteiger charge is -2.18. The van der Waals surface area contributed by atoms with Crippen LogP contribution < -0.4 is 5.43 Å². The topological polar surface area (TPSA) is 41.5 Å². The van der Waals surface area contributed by atoms with Gasteiger partial charge in [-0.2, -0.15) is 5.10 Å². The van der Waals surface area contributed by atoms with Crippen LogP contribution >= 0.6 is 15.9 Å². The number of carbonyl (C=O) groups excluding carboxylic acids is 1. The number of carbonyl (C=O) groups is 1. The van der Waals surface area contributed by atoms with Gasteiger partial charge in [-0.15, -0.1) is 0 Å². The first-order valence-corrected chi connectivity index (χ1v) is 7.86. The van der Waals surface area contributed by atoms with Gasteiger partial charge in [0, 0.05) is 15.6 Å². The first-order valence-electron chi connectivity index (χ1n) is 7.06. The van der Waals surface area contributed by atoms with Crippen molar-refractivity contribution in [2.24, 2.45) is 5.10 Å². The maximum Gasteiger partial charge on any atom is 0.271 e. The zero-order valence-corrected chi connectivity index (χ0v) is 14.5. The van der Waals surface area contributed by atoms with Gasteiger partial charge in [0.15, 0.2) is 0 Å². The van der Waals surface area contributed by atoms with Crippen LogP contribution in [0, 0.1) is 0 Å². The molecule has 3 nitrogen and oxygen atoms in total. The Balaban J connectivity index is 2.02. The first-order chi connectivity index (χ1) is 10.4. The summed E-state index contributed by atoms with van der Waals surface area (Å²) < 4.78 is 0.933. The molecule has 0 saturated heterocycles. The third-order valence-corrected chi connectivity index (χ3v) is 4.01. The number of amides is 1. The molecular formula is C18H19BrN2O. The van der Waals surface area contributed by atoms with Crippen LogP contribution in [0.5, 0.6) is 0 Å². The van der Waals surface area contributed by atoms with Crippen molar-refractivity contribution in [3.8, 4) is 0 Å². The van der Waals surface area contributed by atoms with Crippen molar-refractivity contribution in [3.63, 3.8) is 0 Å². The molecule has 2 rings (SSSR count). The van der Waals surface area contributed by atoms with Crippen molar-refractivity contribution < 1.29 is 4.79 Å². The molecule has 4 heteroatoms. The fourth-order valence-electron chi connectivity index (χ4n) is 1.93. The van der Waals surface area contributed by atoms with Gasteiger partial charge in [0.2, 0.25) is 0 Å². The number of nitrogens with zero attached hydrogens (tertiary/aromatic N) is 1. The predicted octanol–water partition coefficient (Wildman–Crippen LogP) is 4.51. The van der Waals surface area contributed by atoms with Crippen LogP contribution in [-0.4, -0.2) is 12.1 Å². The van der Waals surface area contributed by atoms with E-state index in [2.05, 4.69) is 47.2 Å². The Hall–Kier alpha value is -1.94. The van der Waals surface area contributed by atoms with Crippen molar-refractivity contribution in [3.05, 3.63) is 69.7 Å². The molecule has 0 unspecified atom stereocenters. The number of hydrogen-bond donors (Lipinski definition) is 1. The van der Waals surface area contributed by atoms with Crippen molar-refractivity contribution in [2.75, 3.05) is 0 Å². The minimum atomic E-state index is -0.219. The fraction of sp³-hybridized carbons (Fsp3) is 0.222. The monoisotopic (exact) mass is 358 g/mol. The Morgan fingerprint density at radius 3 is 2.32 bits per heavy atom. The predicted molar refractivity (Wildman–Crippen MR) is 94.3 cm³/mol. The molecule has 0 atom stereocenters.